The summed E-state index contributed by atoms with van der Waals surface area (Å²) in [5.41, 5.74) is 0. The van der Waals surface area contributed by atoms with Gasteiger partial charge >= 0.3 is 71.1 Å². The van der Waals surface area contributed by atoms with Crippen molar-refractivity contribution in [1.29, 1.82) is 0 Å². The molecule has 1 atom stereocenters. The van der Waals surface area contributed by atoms with Gasteiger partial charge in [-0.1, -0.05) is 32.6 Å². The van der Waals surface area contributed by atoms with E-state index >= 15 is 0 Å². The quantitative estimate of drug-likeness (QED) is 0.0696. The van der Waals surface area contributed by atoms with E-state index in [2.05, 4.69) is 41.0 Å². The minimum Gasteiger partial charge on any atom is -0.790 e. The molecule has 0 fully saturated rings. The summed E-state index contributed by atoms with van der Waals surface area (Å²) in [4.78, 5) is 44.6. The monoisotopic (exact) mass is 466 g/mol. The van der Waals surface area contributed by atoms with E-state index in [4.69, 9.17) is 15.9 Å². The Hall–Kier alpha value is -0.710. The topological polar surface area (TPSA) is 125 Å². The van der Waals surface area contributed by atoms with Gasteiger partial charge in [-0.2, -0.15) is 0 Å². The van der Waals surface area contributed by atoms with Gasteiger partial charge in [0.05, 0.1) is 14.4 Å². The maximum atomic E-state index is 11.8. The molecule has 11 heteroatoms. The summed E-state index contributed by atoms with van der Waals surface area (Å²) in [5.74, 6) is 13.6. The van der Waals surface area contributed by atoms with Gasteiger partial charge in [0.2, 0.25) is 0 Å². The molecule has 0 aliphatic heterocycles. The summed E-state index contributed by atoms with van der Waals surface area (Å²) in [7, 11) is -5.28. The SMILES string of the molecule is C#CC#CC#CC#CC(=O)OC[C@H](COP(=O)([O-])[O-])OC(=O)CCCCCCC.[Na+].[Na+]. The van der Waals surface area contributed by atoms with E-state index in [1.54, 1.807) is 0 Å². The number of terminal acetylenes is 1. The Morgan fingerprint density at radius 1 is 0.968 bits per heavy atom. The molecule has 0 aliphatic rings. The molecule has 0 saturated heterocycles. The van der Waals surface area contributed by atoms with E-state index in [0.29, 0.717) is 6.42 Å². The van der Waals surface area contributed by atoms with Crippen molar-refractivity contribution in [1.82, 2.24) is 0 Å². The third kappa shape index (κ3) is 25.4. The van der Waals surface area contributed by atoms with Crippen LogP contribution in [0.25, 0.3) is 0 Å². The van der Waals surface area contributed by atoms with Gasteiger partial charge in [-0.25, -0.2) is 4.79 Å². The van der Waals surface area contributed by atoms with E-state index in [0.717, 1.165) is 25.7 Å². The standard InChI is InChI=1S/C20H23O8P.2Na/c1-3-5-7-9-11-12-14-19(21)26-16-18(17-27-29(23,24)25)28-20(22)15-13-10-8-6-4-2;;/h1,18H,4,6,8,10,13,15-17H2,2H3,(H2,23,24,25);;/q;2*+1/p-2/t18-;;/m1../s1. The van der Waals surface area contributed by atoms with Crippen molar-refractivity contribution >= 4 is 19.8 Å². The van der Waals surface area contributed by atoms with Crippen LogP contribution in [0.1, 0.15) is 45.4 Å². The van der Waals surface area contributed by atoms with Crippen molar-refractivity contribution in [2.45, 2.75) is 51.6 Å². The van der Waals surface area contributed by atoms with Gasteiger partial charge < -0.3 is 28.3 Å². The molecule has 0 N–H and O–H groups in total. The first-order valence-corrected chi connectivity index (χ1v) is 10.2. The molecule has 0 aromatic heterocycles. The number of rotatable bonds is 12. The Kier molecular flexibility index (Phi) is 25.3. The molecule has 0 aromatic carbocycles. The summed E-state index contributed by atoms with van der Waals surface area (Å²) in [6, 6.07) is 0. The van der Waals surface area contributed by atoms with Crippen molar-refractivity contribution in [3.8, 4) is 47.9 Å². The molecule has 0 spiro atoms. The number of phosphoric ester groups is 1. The summed E-state index contributed by atoms with van der Waals surface area (Å²) in [6.45, 7) is 0.753. The molecule has 0 rings (SSSR count). The normalized spacial score (nSPS) is 9.87. The maximum Gasteiger partial charge on any atom is 1.00 e. The van der Waals surface area contributed by atoms with Crippen LogP contribution in [0, 0.1) is 47.9 Å². The number of phosphoric acid groups is 1. The van der Waals surface area contributed by atoms with Crippen LogP contribution in [0.5, 0.6) is 0 Å². The largest absolute Gasteiger partial charge is 1.00 e. The van der Waals surface area contributed by atoms with Gasteiger partial charge in [0.15, 0.2) is 6.10 Å². The molecule has 0 aromatic rings. The van der Waals surface area contributed by atoms with Gasteiger partial charge in [-0.15, -0.1) is 6.42 Å². The maximum absolute atomic E-state index is 11.8. The molecule has 0 radical (unpaired) electrons. The molecular weight excluding hydrogens is 445 g/mol. The van der Waals surface area contributed by atoms with Crippen molar-refractivity contribution in [3.63, 3.8) is 0 Å². The molecular formula is C20H21Na2O8P. The molecule has 0 aliphatic carbocycles. The number of carbonyl (C=O) groups excluding carboxylic acids is 2. The van der Waals surface area contributed by atoms with Crippen LogP contribution in [-0.2, 0) is 28.2 Å². The molecule has 0 bridgehead atoms. The number of unbranched alkanes of at least 4 members (excludes halogenated alkanes) is 4. The third-order valence-electron chi connectivity index (χ3n) is 3.09. The van der Waals surface area contributed by atoms with E-state index in [1.165, 1.54) is 0 Å². The summed E-state index contributed by atoms with van der Waals surface area (Å²) in [6.07, 6.45) is 8.27. The van der Waals surface area contributed by atoms with Crippen LogP contribution in [-0.4, -0.2) is 31.3 Å². The molecule has 0 saturated carbocycles. The van der Waals surface area contributed by atoms with Gasteiger partial charge in [0.1, 0.15) is 6.61 Å². The molecule has 156 valence electrons. The minimum absolute atomic E-state index is 0. The van der Waals surface area contributed by atoms with Crippen LogP contribution in [0.4, 0.5) is 0 Å². The number of ether oxygens (including phenoxy) is 2. The number of carbonyl (C=O) groups is 2. The second-order valence-corrected chi connectivity index (χ2v) is 6.66. The van der Waals surface area contributed by atoms with Crippen LogP contribution in [0.15, 0.2) is 0 Å². The fraction of sp³-hybridized carbons (Fsp3) is 0.500. The van der Waals surface area contributed by atoms with E-state index in [9.17, 15) is 23.9 Å². The first kappa shape index (κ1) is 34.9. The van der Waals surface area contributed by atoms with Crippen LogP contribution < -0.4 is 68.9 Å². The minimum atomic E-state index is -5.28. The summed E-state index contributed by atoms with van der Waals surface area (Å²) < 4.78 is 24.5. The Labute approximate surface area is 227 Å². The Morgan fingerprint density at radius 3 is 2.19 bits per heavy atom. The van der Waals surface area contributed by atoms with Gasteiger partial charge in [-0.3, -0.25) is 4.79 Å². The fourth-order valence-electron chi connectivity index (χ4n) is 1.83. The average molecular weight is 466 g/mol. The third-order valence-corrected chi connectivity index (χ3v) is 3.55. The van der Waals surface area contributed by atoms with Crippen molar-refractivity contribution < 1.29 is 97.1 Å². The second-order valence-electron chi connectivity index (χ2n) is 5.51. The molecule has 0 unspecified atom stereocenters. The Bertz CT molecular complexity index is 812. The Morgan fingerprint density at radius 2 is 1.58 bits per heavy atom. The van der Waals surface area contributed by atoms with E-state index in [-0.39, 0.29) is 65.5 Å². The van der Waals surface area contributed by atoms with Crippen LogP contribution in [0.3, 0.4) is 0 Å². The molecule has 31 heavy (non-hydrogen) atoms. The summed E-state index contributed by atoms with van der Waals surface area (Å²) >= 11 is 0. The zero-order valence-corrected chi connectivity index (χ0v) is 22.9. The van der Waals surface area contributed by atoms with Crippen molar-refractivity contribution in [2.75, 3.05) is 13.2 Å². The summed E-state index contributed by atoms with van der Waals surface area (Å²) in [5, 5.41) is 0. The first-order valence-electron chi connectivity index (χ1n) is 8.78. The zero-order valence-electron chi connectivity index (χ0n) is 18.0. The molecule has 8 nitrogen and oxygen atoms in total. The first-order chi connectivity index (χ1) is 13.8. The molecule has 0 heterocycles. The van der Waals surface area contributed by atoms with Gasteiger partial charge in [0, 0.05) is 12.3 Å². The van der Waals surface area contributed by atoms with Gasteiger partial charge in [0.25, 0.3) is 0 Å². The average Bonchev–Trinajstić information content (AvgIpc) is 2.65. The smallest absolute Gasteiger partial charge is 0.790 e. The second kappa shape index (κ2) is 22.5. The van der Waals surface area contributed by atoms with E-state index < -0.39 is 39.1 Å². The van der Waals surface area contributed by atoms with E-state index in [1.807, 2.05) is 11.8 Å². The van der Waals surface area contributed by atoms with Crippen LogP contribution >= 0.6 is 7.82 Å². The predicted octanol–water partition coefficient (Wildman–Crippen LogP) is -5.70. The number of hydrogen-bond acceptors (Lipinski definition) is 8. The number of esters is 2. The zero-order chi connectivity index (χ0) is 22.0. The number of hydrogen-bond donors (Lipinski definition) is 0. The fourth-order valence-corrected chi connectivity index (χ4v) is 2.17. The van der Waals surface area contributed by atoms with Crippen LogP contribution in [0.2, 0.25) is 0 Å². The predicted molar refractivity (Wildman–Crippen MR) is 99.9 cm³/mol. The van der Waals surface area contributed by atoms with Crippen molar-refractivity contribution in [3.05, 3.63) is 0 Å². The molecule has 0 amide bonds. The van der Waals surface area contributed by atoms with Gasteiger partial charge in [-0.05, 0) is 41.9 Å². The Balaban J connectivity index is -0.00000392. The van der Waals surface area contributed by atoms with Crippen molar-refractivity contribution in [2.24, 2.45) is 0 Å².